The molecule has 1 aliphatic carbocycles. The van der Waals surface area contributed by atoms with Crippen molar-refractivity contribution >= 4 is 35.0 Å². The minimum Gasteiger partial charge on any atom is -0.494 e. The Labute approximate surface area is 241 Å². The number of carbonyl (C=O) groups excluding carboxylic acids is 3. The van der Waals surface area contributed by atoms with Crippen molar-refractivity contribution in [3.05, 3.63) is 41.7 Å². The molecule has 1 aromatic heterocycles. The van der Waals surface area contributed by atoms with Gasteiger partial charge in [-0.1, -0.05) is 6.07 Å². The van der Waals surface area contributed by atoms with Crippen molar-refractivity contribution in [3.8, 4) is 17.0 Å². The molecule has 0 radical (unpaired) electrons. The Morgan fingerprint density at radius 2 is 1.98 bits per heavy atom. The number of benzene rings is 1. The van der Waals surface area contributed by atoms with Gasteiger partial charge >= 0.3 is 6.10 Å². The Bertz CT molecular complexity index is 1420. The molecule has 1 fully saturated rings. The number of anilines is 1. The molecule has 0 bridgehead atoms. The summed E-state index contributed by atoms with van der Waals surface area (Å²) in [5, 5.41) is 47.2. The monoisotopic (exact) mass is 585 g/mol. The molecule has 0 unspecified atom stereocenters. The fraction of sp³-hybridized carbons (Fsp3) is 0.385. The SMILES string of the molecule is COc1c(N/C(=C/C(N)=NC(=O)C2CC2)C(=N)C(=O)NC(O)(O)O)cccc1-c1cc(C(=O)NCCN(C)C)n(C)n1. The summed E-state index contributed by atoms with van der Waals surface area (Å²) in [5.74, 6) is -2.51. The molecule has 0 saturated heterocycles. The number of para-hydroxylation sites is 1. The van der Waals surface area contributed by atoms with Crippen molar-refractivity contribution < 1.29 is 34.4 Å². The van der Waals surface area contributed by atoms with E-state index in [1.807, 2.05) is 19.0 Å². The van der Waals surface area contributed by atoms with E-state index in [1.165, 1.54) is 17.1 Å². The normalized spacial score (nSPS) is 14.0. The van der Waals surface area contributed by atoms with Crippen molar-refractivity contribution in [2.45, 2.75) is 18.9 Å². The molecule has 0 aliphatic heterocycles. The molecule has 1 heterocycles. The predicted octanol–water partition coefficient (Wildman–Crippen LogP) is -1.30. The molecular weight excluding hydrogens is 550 g/mol. The predicted molar refractivity (Wildman–Crippen MR) is 152 cm³/mol. The standard InChI is InChI=1S/C26H35N9O7/c1-34(2)11-10-29-24(37)19-12-17(33-35(19)3)15-6-5-7-16(22(15)42-4)30-18(21(28)25(38)32-26(39,40)41)13-20(27)31-23(36)14-8-9-14/h5-7,12-14,28,30,39-41H,8-11H2,1-4H3,(H,29,37)(H,32,38)(H2,27,31,36)/b18-13+,28-21?. The van der Waals surface area contributed by atoms with Gasteiger partial charge in [0.15, 0.2) is 5.75 Å². The maximum atomic E-state index is 12.7. The number of nitrogens with two attached hydrogens (primary N) is 1. The molecule has 16 heteroatoms. The first kappa shape index (κ1) is 31.9. The van der Waals surface area contributed by atoms with Crippen LogP contribution >= 0.6 is 0 Å². The summed E-state index contributed by atoms with van der Waals surface area (Å²) in [5.41, 5.74) is 6.04. The number of likely N-dealkylation sites (N-methyl/N-ethyl adjacent to an activating group) is 1. The van der Waals surface area contributed by atoms with Crippen LogP contribution in [0.1, 0.15) is 23.3 Å². The number of aliphatic imine (C=N–C) groups is 1. The average molecular weight is 586 g/mol. The van der Waals surface area contributed by atoms with Gasteiger partial charge in [-0.05, 0) is 45.1 Å². The van der Waals surface area contributed by atoms with Gasteiger partial charge in [0.1, 0.15) is 17.2 Å². The summed E-state index contributed by atoms with van der Waals surface area (Å²) >= 11 is 0. The van der Waals surface area contributed by atoms with E-state index < -0.39 is 23.6 Å². The fourth-order valence-corrected chi connectivity index (χ4v) is 3.73. The van der Waals surface area contributed by atoms with Crippen LogP contribution in [0.2, 0.25) is 0 Å². The lowest BCUT2D eigenvalue weighted by molar-refractivity contribution is -0.325. The Morgan fingerprint density at radius 3 is 2.57 bits per heavy atom. The van der Waals surface area contributed by atoms with Gasteiger partial charge in [0.25, 0.3) is 17.7 Å². The lowest BCUT2D eigenvalue weighted by Gasteiger charge is -2.19. The highest BCUT2D eigenvalue weighted by Gasteiger charge is 2.30. The number of aryl methyl sites for hydroxylation is 1. The molecule has 0 atom stereocenters. The maximum Gasteiger partial charge on any atom is 0.369 e. The van der Waals surface area contributed by atoms with Crippen LogP contribution in [-0.4, -0.2) is 99.7 Å². The van der Waals surface area contributed by atoms with Crippen LogP contribution in [-0.2, 0) is 16.6 Å². The molecule has 42 heavy (non-hydrogen) atoms. The second kappa shape index (κ2) is 13.3. The number of methoxy groups -OCH3 is 1. The third-order valence-corrected chi connectivity index (χ3v) is 5.96. The van der Waals surface area contributed by atoms with Crippen molar-refractivity contribution in [1.29, 1.82) is 5.41 Å². The second-order valence-corrected chi connectivity index (χ2v) is 9.78. The minimum absolute atomic E-state index is 0.208. The van der Waals surface area contributed by atoms with Gasteiger partial charge in [-0.25, -0.2) is 0 Å². The molecule has 16 nitrogen and oxygen atoms in total. The van der Waals surface area contributed by atoms with Gasteiger partial charge in [0.2, 0.25) is 0 Å². The van der Waals surface area contributed by atoms with E-state index in [0.717, 1.165) is 6.08 Å². The number of rotatable bonds is 13. The highest BCUT2D eigenvalue weighted by molar-refractivity contribution is 6.45. The molecule has 3 amide bonds. The lowest BCUT2D eigenvalue weighted by Crippen LogP contribution is -2.51. The third kappa shape index (κ3) is 8.68. The molecule has 9 N–H and O–H groups in total. The van der Waals surface area contributed by atoms with Crippen molar-refractivity contribution in [2.24, 2.45) is 23.7 Å². The fourth-order valence-electron chi connectivity index (χ4n) is 3.73. The summed E-state index contributed by atoms with van der Waals surface area (Å²) in [6.45, 7) is 1.09. The van der Waals surface area contributed by atoms with Crippen LogP contribution < -0.4 is 26.4 Å². The molecular formula is C26H35N9O7. The zero-order chi connectivity index (χ0) is 31.2. The van der Waals surface area contributed by atoms with Gasteiger partial charge in [-0.3, -0.25) is 29.8 Å². The van der Waals surface area contributed by atoms with E-state index in [4.69, 9.17) is 31.2 Å². The zero-order valence-corrected chi connectivity index (χ0v) is 23.6. The van der Waals surface area contributed by atoms with Crippen LogP contribution in [0, 0.1) is 11.3 Å². The number of aromatic nitrogens is 2. The van der Waals surface area contributed by atoms with Gasteiger partial charge in [0, 0.05) is 37.7 Å². The Hall–Kier alpha value is -4.64. The first-order valence-corrected chi connectivity index (χ1v) is 12.8. The first-order valence-electron chi connectivity index (χ1n) is 12.8. The van der Waals surface area contributed by atoms with Crippen LogP contribution in [0.15, 0.2) is 41.0 Å². The molecule has 1 saturated carbocycles. The zero-order valence-electron chi connectivity index (χ0n) is 23.6. The van der Waals surface area contributed by atoms with Crippen molar-refractivity contribution in [3.63, 3.8) is 0 Å². The number of aliphatic hydroxyl groups is 3. The van der Waals surface area contributed by atoms with E-state index in [2.05, 4.69) is 20.7 Å². The number of ether oxygens (including phenoxy) is 1. The lowest BCUT2D eigenvalue weighted by atomic mass is 10.1. The Balaban J connectivity index is 1.97. The van der Waals surface area contributed by atoms with Crippen LogP contribution in [0.3, 0.4) is 0 Å². The minimum atomic E-state index is -3.59. The van der Waals surface area contributed by atoms with E-state index in [-0.39, 0.29) is 34.8 Å². The summed E-state index contributed by atoms with van der Waals surface area (Å²) < 4.78 is 7.03. The molecule has 2 aromatic rings. The van der Waals surface area contributed by atoms with Gasteiger partial charge in [-0.15, -0.1) is 0 Å². The van der Waals surface area contributed by atoms with E-state index in [9.17, 15) is 14.4 Å². The van der Waals surface area contributed by atoms with Crippen LogP contribution in [0.25, 0.3) is 11.3 Å². The molecule has 226 valence electrons. The maximum absolute atomic E-state index is 12.7. The summed E-state index contributed by atoms with van der Waals surface area (Å²) in [4.78, 5) is 43.0. The summed E-state index contributed by atoms with van der Waals surface area (Å²) in [7, 11) is 6.79. The van der Waals surface area contributed by atoms with Gasteiger partial charge < -0.3 is 41.3 Å². The number of hydrogen-bond donors (Lipinski definition) is 8. The van der Waals surface area contributed by atoms with Crippen molar-refractivity contribution in [1.82, 2.24) is 25.3 Å². The topological polar surface area (TPSA) is 241 Å². The highest BCUT2D eigenvalue weighted by atomic mass is 16.7. The van der Waals surface area contributed by atoms with E-state index >= 15 is 0 Å². The Kier molecular flexibility index (Phi) is 10.1. The highest BCUT2D eigenvalue weighted by Crippen LogP contribution is 2.37. The number of carbonyl (C=O) groups is 3. The third-order valence-electron chi connectivity index (χ3n) is 5.96. The largest absolute Gasteiger partial charge is 0.494 e. The van der Waals surface area contributed by atoms with Crippen LogP contribution in [0.5, 0.6) is 5.75 Å². The smallest absolute Gasteiger partial charge is 0.369 e. The number of nitrogens with one attached hydrogen (secondary N) is 4. The van der Waals surface area contributed by atoms with Crippen LogP contribution in [0.4, 0.5) is 5.69 Å². The second-order valence-electron chi connectivity index (χ2n) is 9.78. The molecule has 0 spiro atoms. The van der Waals surface area contributed by atoms with Gasteiger partial charge in [-0.2, -0.15) is 10.1 Å². The Morgan fingerprint density at radius 1 is 1.29 bits per heavy atom. The summed E-state index contributed by atoms with van der Waals surface area (Å²) in [6.07, 6.45) is -1.18. The summed E-state index contributed by atoms with van der Waals surface area (Å²) in [6, 6.07) is 6.44. The van der Waals surface area contributed by atoms with Crippen molar-refractivity contribution in [2.75, 3.05) is 39.6 Å². The number of amidine groups is 1. The van der Waals surface area contributed by atoms with E-state index in [1.54, 1.807) is 31.3 Å². The number of amides is 3. The molecule has 1 aromatic carbocycles. The van der Waals surface area contributed by atoms with E-state index in [0.29, 0.717) is 42.9 Å². The van der Waals surface area contributed by atoms with Gasteiger partial charge in [0.05, 0.1) is 24.2 Å². The number of hydrogen-bond acceptors (Lipinski definition) is 11. The first-order chi connectivity index (χ1) is 19.7. The molecule has 3 rings (SSSR count). The quantitative estimate of drug-likeness (QED) is 0.0780. The number of nitrogens with zero attached hydrogens (tertiary/aromatic N) is 4. The molecule has 1 aliphatic rings. The average Bonchev–Trinajstić information content (AvgIpc) is 3.68.